The smallest absolute Gasteiger partial charge is 0.330 e. The number of ether oxygens (including phenoxy) is 1. The van der Waals surface area contributed by atoms with E-state index in [0.717, 1.165) is 0 Å². The van der Waals surface area contributed by atoms with Gasteiger partial charge in [-0.25, -0.2) is 4.79 Å². The zero-order valence-corrected chi connectivity index (χ0v) is 12.7. The molecular formula is C17H19NO3. The number of nitriles is 1. The van der Waals surface area contributed by atoms with Gasteiger partial charge < -0.3 is 4.74 Å². The fourth-order valence-corrected chi connectivity index (χ4v) is 1.48. The minimum Gasteiger partial charge on any atom is -0.459 e. The molecule has 1 aromatic carbocycles. The lowest BCUT2D eigenvalue weighted by Crippen LogP contribution is -2.33. The number of hydrogen-bond acceptors (Lipinski definition) is 4. The minimum absolute atomic E-state index is 0.263. The van der Waals surface area contributed by atoms with Crippen LogP contribution < -0.4 is 0 Å². The number of benzene rings is 1. The van der Waals surface area contributed by atoms with Crippen molar-refractivity contribution < 1.29 is 14.3 Å². The third-order valence-corrected chi connectivity index (χ3v) is 2.68. The van der Waals surface area contributed by atoms with Crippen molar-refractivity contribution in [2.45, 2.75) is 33.3 Å². The van der Waals surface area contributed by atoms with Gasteiger partial charge in [-0.05, 0) is 39.8 Å². The molecule has 0 aliphatic heterocycles. The first-order chi connectivity index (χ1) is 9.68. The average molecular weight is 285 g/mol. The predicted octanol–water partition coefficient (Wildman–Crippen LogP) is 3.30. The molecule has 0 aromatic heterocycles. The van der Waals surface area contributed by atoms with Crippen LogP contribution in [0, 0.1) is 16.7 Å². The summed E-state index contributed by atoms with van der Waals surface area (Å²) in [6.45, 7) is 6.60. The lowest BCUT2D eigenvalue weighted by molar-refractivity contribution is -0.160. The Labute approximate surface area is 125 Å². The van der Waals surface area contributed by atoms with E-state index in [0.29, 0.717) is 5.56 Å². The van der Waals surface area contributed by atoms with Crippen molar-refractivity contribution in [1.82, 2.24) is 0 Å². The first-order valence-electron chi connectivity index (χ1n) is 6.61. The lowest BCUT2D eigenvalue weighted by atomic mass is 9.91. The van der Waals surface area contributed by atoms with Gasteiger partial charge in [0.05, 0.1) is 6.07 Å². The van der Waals surface area contributed by atoms with Gasteiger partial charge in [0.2, 0.25) is 0 Å². The maximum Gasteiger partial charge on any atom is 0.330 e. The monoisotopic (exact) mass is 285 g/mol. The molecule has 4 nitrogen and oxygen atoms in total. The maximum absolute atomic E-state index is 12.1. The van der Waals surface area contributed by atoms with E-state index < -0.39 is 17.0 Å². The van der Waals surface area contributed by atoms with Crippen LogP contribution in [0.3, 0.4) is 0 Å². The van der Waals surface area contributed by atoms with Crippen LogP contribution in [0.1, 0.15) is 38.1 Å². The van der Waals surface area contributed by atoms with Gasteiger partial charge in [-0.3, -0.25) is 4.79 Å². The number of ketones is 1. The van der Waals surface area contributed by atoms with Crippen LogP contribution in [0.15, 0.2) is 42.5 Å². The molecule has 0 saturated carbocycles. The number of allylic oxidation sites excluding steroid dienone is 1. The van der Waals surface area contributed by atoms with Gasteiger partial charge >= 0.3 is 5.97 Å². The van der Waals surface area contributed by atoms with Crippen LogP contribution in [0.2, 0.25) is 0 Å². The molecule has 110 valence electrons. The molecule has 0 aliphatic rings. The molecule has 0 radical (unpaired) electrons. The predicted molar refractivity (Wildman–Crippen MR) is 79.5 cm³/mol. The first kappa shape index (κ1) is 16.6. The summed E-state index contributed by atoms with van der Waals surface area (Å²) < 4.78 is 5.21. The van der Waals surface area contributed by atoms with E-state index in [1.165, 1.54) is 19.1 Å². The van der Waals surface area contributed by atoms with E-state index in [1.807, 2.05) is 6.07 Å². The third kappa shape index (κ3) is 4.88. The second-order valence-electron chi connectivity index (χ2n) is 5.88. The van der Waals surface area contributed by atoms with Crippen LogP contribution >= 0.6 is 0 Å². The van der Waals surface area contributed by atoms with Crippen LogP contribution in [-0.2, 0) is 9.53 Å². The van der Waals surface area contributed by atoms with E-state index in [4.69, 9.17) is 4.74 Å². The summed E-state index contributed by atoms with van der Waals surface area (Å²) in [5.41, 5.74) is -1.68. The van der Waals surface area contributed by atoms with Gasteiger partial charge in [0.1, 0.15) is 5.60 Å². The fraction of sp³-hybridized carbons (Fsp3) is 0.353. The summed E-state index contributed by atoms with van der Waals surface area (Å²) in [7, 11) is 0. The van der Waals surface area contributed by atoms with Gasteiger partial charge in [-0.1, -0.05) is 30.3 Å². The van der Waals surface area contributed by atoms with E-state index in [-0.39, 0.29) is 5.78 Å². The molecule has 21 heavy (non-hydrogen) atoms. The van der Waals surface area contributed by atoms with Gasteiger partial charge in [-0.15, -0.1) is 0 Å². The van der Waals surface area contributed by atoms with E-state index in [1.54, 1.807) is 51.1 Å². The first-order valence-corrected chi connectivity index (χ1v) is 6.61. The molecule has 4 heteroatoms. The van der Waals surface area contributed by atoms with Crippen molar-refractivity contribution in [2.75, 3.05) is 0 Å². The summed E-state index contributed by atoms with van der Waals surface area (Å²) in [5.74, 6) is -0.935. The second-order valence-corrected chi connectivity index (χ2v) is 5.88. The molecule has 1 rings (SSSR count). The zero-order chi connectivity index (χ0) is 16.1. The topological polar surface area (TPSA) is 67.2 Å². The largest absolute Gasteiger partial charge is 0.459 e. The lowest BCUT2D eigenvalue weighted by Gasteiger charge is -2.24. The standard InChI is InChI=1S/C17H19NO3/c1-16(2,3)21-15(20)17(4,12-18)11-10-14(19)13-8-6-5-7-9-13/h5-11H,1-4H3/b11-10-/t17-/m0/s1. The molecule has 0 aliphatic carbocycles. The highest BCUT2D eigenvalue weighted by Gasteiger charge is 2.35. The SMILES string of the molecule is CC(C)(C)OC(=O)[C@](C)(C#N)/C=C\C(=O)c1ccccc1. The Morgan fingerprint density at radius 1 is 1.14 bits per heavy atom. The highest BCUT2D eigenvalue weighted by atomic mass is 16.6. The zero-order valence-electron chi connectivity index (χ0n) is 12.7. The van der Waals surface area contributed by atoms with E-state index >= 15 is 0 Å². The molecule has 0 heterocycles. The Morgan fingerprint density at radius 2 is 1.71 bits per heavy atom. The maximum atomic E-state index is 12.1. The van der Waals surface area contributed by atoms with Crippen LogP contribution in [0.25, 0.3) is 0 Å². The average Bonchev–Trinajstić information content (AvgIpc) is 2.43. The summed E-state index contributed by atoms with van der Waals surface area (Å²) in [5, 5.41) is 9.22. The van der Waals surface area contributed by atoms with E-state index in [9.17, 15) is 14.9 Å². The molecule has 1 aromatic rings. The number of rotatable bonds is 4. The highest BCUT2D eigenvalue weighted by molar-refractivity contribution is 6.05. The number of esters is 1. The van der Waals surface area contributed by atoms with Gasteiger partial charge in [0, 0.05) is 5.56 Å². The Kier molecular flexibility index (Phi) is 5.04. The molecular weight excluding hydrogens is 266 g/mol. The summed E-state index contributed by atoms with van der Waals surface area (Å²) in [6.07, 6.45) is 2.53. The van der Waals surface area contributed by atoms with Crippen molar-refractivity contribution in [2.24, 2.45) is 5.41 Å². The quantitative estimate of drug-likeness (QED) is 0.483. The Bertz CT molecular complexity index is 591. The van der Waals surface area contributed by atoms with Crippen LogP contribution in [-0.4, -0.2) is 17.4 Å². The Morgan fingerprint density at radius 3 is 2.19 bits per heavy atom. The number of carbonyl (C=O) groups excluding carboxylic acids is 2. The number of nitrogens with zero attached hydrogens (tertiary/aromatic N) is 1. The molecule has 0 bridgehead atoms. The second kappa shape index (κ2) is 6.36. The van der Waals surface area contributed by atoms with Crippen molar-refractivity contribution in [3.05, 3.63) is 48.0 Å². The van der Waals surface area contributed by atoms with Crippen LogP contribution in [0.5, 0.6) is 0 Å². The van der Waals surface area contributed by atoms with Crippen molar-refractivity contribution in [1.29, 1.82) is 5.26 Å². The third-order valence-electron chi connectivity index (χ3n) is 2.68. The number of hydrogen-bond donors (Lipinski definition) is 0. The number of carbonyl (C=O) groups is 2. The van der Waals surface area contributed by atoms with Gasteiger partial charge in [0.25, 0.3) is 0 Å². The molecule has 0 N–H and O–H groups in total. The van der Waals surface area contributed by atoms with Gasteiger partial charge in [-0.2, -0.15) is 5.26 Å². The molecule has 0 unspecified atom stereocenters. The Balaban J connectivity index is 2.91. The molecule has 0 saturated heterocycles. The Hall–Kier alpha value is -2.41. The van der Waals surface area contributed by atoms with Crippen molar-refractivity contribution in [3.8, 4) is 6.07 Å². The summed E-state index contributed by atoms with van der Waals surface area (Å²) in [4.78, 5) is 24.0. The van der Waals surface area contributed by atoms with E-state index in [2.05, 4.69) is 0 Å². The minimum atomic E-state index is -1.49. The molecule has 0 amide bonds. The fourth-order valence-electron chi connectivity index (χ4n) is 1.48. The van der Waals surface area contributed by atoms with Crippen molar-refractivity contribution >= 4 is 11.8 Å². The van der Waals surface area contributed by atoms with Gasteiger partial charge in [0.15, 0.2) is 11.2 Å². The highest BCUT2D eigenvalue weighted by Crippen LogP contribution is 2.23. The van der Waals surface area contributed by atoms with Crippen LogP contribution in [0.4, 0.5) is 0 Å². The summed E-state index contributed by atoms with van der Waals surface area (Å²) in [6, 6.07) is 10.5. The molecule has 0 fully saturated rings. The normalized spacial score (nSPS) is 14.2. The molecule has 1 atom stereocenters. The summed E-state index contributed by atoms with van der Waals surface area (Å²) >= 11 is 0. The molecule has 0 spiro atoms. The van der Waals surface area contributed by atoms with Crippen molar-refractivity contribution in [3.63, 3.8) is 0 Å².